The van der Waals surface area contributed by atoms with Crippen LogP contribution in [-0.2, 0) is 11.0 Å². The summed E-state index contributed by atoms with van der Waals surface area (Å²) in [5.41, 5.74) is 6.19. The summed E-state index contributed by atoms with van der Waals surface area (Å²) >= 11 is 0. The number of carbonyl (C=O) groups excluding carboxylic acids is 1. The Bertz CT molecular complexity index is 1340. The van der Waals surface area contributed by atoms with E-state index in [-0.39, 0.29) is 34.7 Å². The van der Waals surface area contributed by atoms with Crippen molar-refractivity contribution in [2.24, 2.45) is 10.9 Å². The van der Waals surface area contributed by atoms with E-state index in [4.69, 9.17) is 19.7 Å². The van der Waals surface area contributed by atoms with Gasteiger partial charge in [-0.05, 0) is 57.4 Å². The average Bonchev–Trinajstić information content (AvgIpc) is 3.52. The molecule has 0 saturated heterocycles. The SMILES string of the molecule is CCO/N=C1\CCCC1N(C)C(=O)c1nc(-c2ccc(OC)c3nc(C(F)(F)F)ccc23)oc1[C@H](C)N. The van der Waals surface area contributed by atoms with Crippen LogP contribution in [0.5, 0.6) is 5.75 Å². The summed E-state index contributed by atoms with van der Waals surface area (Å²) in [4.78, 5) is 28.5. The van der Waals surface area contributed by atoms with Gasteiger partial charge in [-0.25, -0.2) is 9.97 Å². The van der Waals surface area contributed by atoms with Gasteiger partial charge in [0.2, 0.25) is 5.89 Å². The minimum Gasteiger partial charge on any atom is -0.494 e. The first-order chi connectivity index (χ1) is 17.6. The molecule has 1 amide bonds. The van der Waals surface area contributed by atoms with Gasteiger partial charge in [0.05, 0.1) is 24.9 Å². The fraction of sp³-hybridized carbons (Fsp3) is 0.440. The molecule has 9 nitrogen and oxygen atoms in total. The van der Waals surface area contributed by atoms with Crippen LogP contribution in [0.15, 0.2) is 33.8 Å². The van der Waals surface area contributed by atoms with Crippen LogP contribution in [0.1, 0.15) is 61.1 Å². The Hall–Kier alpha value is -3.67. The van der Waals surface area contributed by atoms with E-state index in [0.717, 1.165) is 31.0 Å². The van der Waals surface area contributed by atoms with Crippen LogP contribution in [0.3, 0.4) is 0 Å². The van der Waals surface area contributed by atoms with Gasteiger partial charge in [0.25, 0.3) is 5.91 Å². The van der Waals surface area contributed by atoms with Crippen molar-refractivity contribution in [2.45, 2.75) is 51.4 Å². The second kappa shape index (κ2) is 10.4. The first-order valence-corrected chi connectivity index (χ1v) is 11.8. The van der Waals surface area contributed by atoms with Gasteiger partial charge in [-0.2, -0.15) is 13.2 Å². The molecule has 4 rings (SSSR count). The van der Waals surface area contributed by atoms with Crippen molar-refractivity contribution in [3.05, 3.63) is 41.4 Å². The van der Waals surface area contributed by atoms with E-state index in [1.807, 2.05) is 6.92 Å². The zero-order chi connectivity index (χ0) is 26.9. The van der Waals surface area contributed by atoms with Gasteiger partial charge in [0.15, 0.2) is 11.5 Å². The summed E-state index contributed by atoms with van der Waals surface area (Å²) in [6.07, 6.45) is -2.32. The van der Waals surface area contributed by atoms with E-state index >= 15 is 0 Å². The van der Waals surface area contributed by atoms with E-state index in [9.17, 15) is 18.0 Å². The Balaban J connectivity index is 1.78. The van der Waals surface area contributed by atoms with E-state index in [2.05, 4.69) is 15.1 Å². The predicted octanol–water partition coefficient (Wildman–Crippen LogP) is 4.95. The lowest BCUT2D eigenvalue weighted by Gasteiger charge is -2.24. The third-order valence-electron chi connectivity index (χ3n) is 6.22. The molecule has 1 saturated carbocycles. The number of hydrogen-bond donors (Lipinski definition) is 1. The fourth-order valence-corrected chi connectivity index (χ4v) is 4.40. The second-order valence-electron chi connectivity index (χ2n) is 8.75. The molecule has 1 unspecified atom stereocenters. The van der Waals surface area contributed by atoms with Gasteiger partial charge in [-0.1, -0.05) is 5.16 Å². The second-order valence-corrected chi connectivity index (χ2v) is 8.75. The molecule has 2 N–H and O–H groups in total. The number of carbonyl (C=O) groups is 1. The lowest BCUT2D eigenvalue weighted by Crippen LogP contribution is -2.40. The van der Waals surface area contributed by atoms with Gasteiger partial charge < -0.3 is 24.6 Å². The number of amides is 1. The number of halogens is 3. The number of fused-ring (bicyclic) bond motifs is 1. The van der Waals surface area contributed by atoms with E-state index in [0.29, 0.717) is 17.6 Å². The highest BCUT2D eigenvalue weighted by Gasteiger charge is 2.35. The Kier molecular flexibility index (Phi) is 7.39. The molecule has 198 valence electrons. The molecule has 2 aromatic heterocycles. The zero-order valence-electron chi connectivity index (χ0n) is 20.9. The van der Waals surface area contributed by atoms with Crippen molar-refractivity contribution in [2.75, 3.05) is 20.8 Å². The van der Waals surface area contributed by atoms with E-state index < -0.39 is 23.8 Å². The van der Waals surface area contributed by atoms with Crippen LogP contribution in [0, 0.1) is 0 Å². The molecule has 0 aliphatic heterocycles. The third-order valence-corrected chi connectivity index (χ3v) is 6.22. The summed E-state index contributed by atoms with van der Waals surface area (Å²) in [6, 6.07) is 4.29. The highest BCUT2D eigenvalue weighted by Crippen LogP contribution is 2.37. The number of nitrogens with zero attached hydrogens (tertiary/aromatic N) is 4. The van der Waals surface area contributed by atoms with Crippen molar-refractivity contribution >= 4 is 22.5 Å². The third kappa shape index (κ3) is 5.10. The molecule has 1 aliphatic carbocycles. The predicted molar refractivity (Wildman–Crippen MR) is 130 cm³/mol. The van der Waals surface area contributed by atoms with Gasteiger partial charge in [0, 0.05) is 18.0 Å². The van der Waals surface area contributed by atoms with Crippen LogP contribution in [-0.4, -0.2) is 53.3 Å². The van der Waals surface area contributed by atoms with Crippen LogP contribution < -0.4 is 10.5 Å². The normalized spacial score (nSPS) is 17.8. The van der Waals surface area contributed by atoms with Gasteiger partial charge in [0.1, 0.15) is 23.6 Å². The number of ether oxygens (including phenoxy) is 1. The lowest BCUT2D eigenvalue weighted by molar-refractivity contribution is -0.140. The highest BCUT2D eigenvalue weighted by atomic mass is 19.4. The van der Waals surface area contributed by atoms with E-state index in [1.165, 1.54) is 19.2 Å². The number of rotatable bonds is 7. The Morgan fingerprint density at radius 3 is 2.70 bits per heavy atom. The number of nitrogens with two attached hydrogens (primary N) is 1. The minimum atomic E-state index is -4.63. The van der Waals surface area contributed by atoms with Crippen LogP contribution in [0.25, 0.3) is 22.4 Å². The first-order valence-electron chi connectivity index (χ1n) is 11.8. The van der Waals surface area contributed by atoms with Gasteiger partial charge in [-0.15, -0.1) is 0 Å². The summed E-state index contributed by atoms with van der Waals surface area (Å²) in [5, 5.41) is 4.48. The number of hydrogen-bond acceptors (Lipinski definition) is 8. The molecule has 37 heavy (non-hydrogen) atoms. The lowest BCUT2D eigenvalue weighted by atomic mass is 10.1. The number of oxime groups is 1. The molecule has 0 radical (unpaired) electrons. The maximum absolute atomic E-state index is 13.5. The van der Waals surface area contributed by atoms with Crippen molar-refractivity contribution in [1.82, 2.24) is 14.9 Å². The highest BCUT2D eigenvalue weighted by molar-refractivity contribution is 6.01. The average molecular weight is 520 g/mol. The number of oxazole rings is 1. The minimum absolute atomic E-state index is 0.0110. The molecule has 12 heteroatoms. The summed E-state index contributed by atoms with van der Waals surface area (Å²) in [6.45, 7) is 3.91. The Labute approximate surface area is 211 Å². The van der Waals surface area contributed by atoms with Crippen LogP contribution >= 0.6 is 0 Å². The smallest absolute Gasteiger partial charge is 0.433 e. The molecule has 0 bridgehead atoms. The van der Waals surface area contributed by atoms with Crippen LogP contribution in [0.2, 0.25) is 0 Å². The number of benzene rings is 1. The Morgan fingerprint density at radius 2 is 2.05 bits per heavy atom. The monoisotopic (exact) mass is 519 g/mol. The number of alkyl halides is 3. The van der Waals surface area contributed by atoms with Gasteiger partial charge >= 0.3 is 6.18 Å². The quantitative estimate of drug-likeness (QED) is 0.439. The topological polar surface area (TPSA) is 116 Å². The molecule has 1 fully saturated rings. The first kappa shape index (κ1) is 26.4. The van der Waals surface area contributed by atoms with Gasteiger partial charge in [-0.3, -0.25) is 4.79 Å². The molecule has 2 atom stereocenters. The molecular formula is C25H28F3N5O4. The summed E-state index contributed by atoms with van der Waals surface area (Å²) in [5.74, 6) is -0.0548. The summed E-state index contributed by atoms with van der Waals surface area (Å²) in [7, 11) is 3.00. The summed E-state index contributed by atoms with van der Waals surface area (Å²) < 4.78 is 51.1. The van der Waals surface area contributed by atoms with Crippen molar-refractivity contribution in [3.63, 3.8) is 0 Å². The maximum atomic E-state index is 13.5. The molecule has 3 aromatic rings. The van der Waals surface area contributed by atoms with Crippen molar-refractivity contribution in [1.29, 1.82) is 0 Å². The molecule has 1 aliphatic rings. The standard InChI is InChI=1S/C25H28F3N5O4/c1-5-36-32-16-7-6-8-17(16)33(3)24(34)21-22(13(2)29)37-23(31-21)15-9-11-18(35-4)20-14(15)10-12-19(30-20)25(26,27)28/h9-13,17H,5-8,29H2,1-4H3/b32-16+/t13-,17?/m0/s1. The number of pyridine rings is 1. The maximum Gasteiger partial charge on any atom is 0.433 e. The zero-order valence-corrected chi connectivity index (χ0v) is 20.9. The van der Waals surface area contributed by atoms with E-state index in [1.54, 1.807) is 24.9 Å². The van der Waals surface area contributed by atoms with Crippen molar-refractivity contribution in [3.8, 4) is 17.2 Å². The number of methoxy groups -OCH3 is 1. The van der Waals surface area contributed by atoms with Crippen LogP contribution in [0.4, 0.5) is 13.2 Å². The Morgan fingerprint density at radius 1 is 1.30 bits per heavy atom. The molecular weight excluding hydrogens is 491 g/mol. The molecule has 0 spiro atoms. The fourth-order valence-electron chi connectivity index (χ4n) is 4.40. The number of aromatic nitrogens is 2. The molecule has 2 heterocycles. The largest absolute Gasteiger partial charge is 0.494 e. The molecule has 1 aromatic carbocycles. The van der Waals surface area contributed by atoms with Crippen molar-refractivity contribution < 1.29 is 32.0 Å².